The third kappa shape index (κ3) is 4.73. The molecule has 0 unspecified atom stereocenters. The normalized spacial score (nSPS) is 11.9. The maximum absolute atomic E-state index is 12.8. The molecule has 1 aromatic carbocycles. The molecule has 1 rings (SSSR count). The zero-order valence-corrected chi connectivity index (χ0v) is 9.82. The summed E-state index contributed by atoms with van der Waals surface area (Å²) in [4.78, 5) is 0. The van der Waals surface area contributed by atoms with Gasteiger partial charge in [0.2, 0.25) is 0 Å². The van der Waals surface area contributed by atoms with Crippen molar-refractivity contribution < 1.29 is 8.78 Å². The first-order valence-electron chi connectivity index (χ1n) is 5.03. The van der Waals surface area contributed by atoms with Crippen molar-refractivity contribution in [2.45, 2.75) is 13.3 Å². The standard InChI is InChI=1S/C12H14ClF2N/c1-9(7-13)8-16-3-2-10-4-11(14)6-12(15)5-10/h4-7,16H,2-3,8H2,1H3/b9-7-. The van der Waals surface area contributed by atoms with Crippen LogP contribution in [0.1, 0.15) is 12.5 Å². The Kier molecular flexibility index (Phi) is 5.43. The van der Waals surface area contributed by atoms with Crippen LogP contribution < -0.4 is 5.32 Å². The van der Waals surface area contributed by atoms with E-state index in [1.165, 1.54) is 17.7 Å². The monoisotopic (exact) mass is 245 g/mol. The van der Waals surface area contributed by atoms with Gasteiger partial charge in [0.15, 0.2) is 0 Å². The number of hydrogen-bond donors (Lipinski definition) is 1. The van der Waals surface area contributed by atoms with E-state index < -0.39 is 11.6 Å². The lowest BCUT2D eigenvalue weighted by molar-refractivity contribution is 0.578. The van der Waals surface area contributed by atoms with Gasteiger partial charge in [-0.25, -0.2) is 8.78 Å². The molecule has 0 heterocycles. The maximum Gasteiger partial charge on any atom is 0.126 e. The molecular formula is C12H14ClF2N. The number of nitrogens with one attached hydrogen (secondary N) is 1. The number of halogens is 3. The minimum Gasteiger partial charge on any atom is -0.313 e. The van der Waals surface area contributed by atoms with E-state index in [4.69, 9.17) is 11.6 Å². The minimum atomic E-state index is -0.535. The Labute approximate surface area is 99.1 Å². The summed E-state index contributed by atoms with van der Waals surface area (Å²) in [6, 6.07) is 3.56. The average Bonchev–Trinajstić information content (AvgIpc) is 2.22. The molecule has 1 nitrogen and oxygen atoms in total. The van der Waals surface area contributed by atoms with E-state index in [9.17, 15) is 8.78 Å². The predicted octanol–water partition coefficient (Wildman–Crippen LogP) is 3.24. The van der Waals surface area contributed by atoms with Crippen molar-refractivity contribution in [3.63, 3.8) is 0 Å². The fraction of sp³-hybridized carbons (Fsp3) is 0.333. The van der Waals surface area contributed by atoms with E-state index in [-0.39, 0.29) is 0 Å². The van der Waals surface area contributed by atoms with Crippen LogP contribution in [0.3, 0.4) is 0 Å². The van der Waals surface area contributed by atoms with Crippen LogP contribution >= 0.6 is 11.6 Å². The summed E-state index contributed by atoms with van der Waals surface area (Å²) >= 11 is 5.49. The summed E-state index contributed by atoms with van der Waals surface area (Å²) in [5, 5.41) is 3.13. The van der Waals surface area contributed by atoms with E-state index in [1.54, 1.807) is 0 Å². The van der Waals surface area contributed by atoms with Gasteiger partial charge in [-0.1, -0.05) is 11.6 Å². The third-order valence-corrected chi connectivity index (χ3v) is 2.48. The Morgan fingerprint density at radius 3 is 2.50 bits per heavy atom. The summed E-state index contributed by atoms with van der Waals surface area (Å²) in [7, 11) is 0. The first kappa shape index (κ1) is 13.1. The fourth-order valence-electron chi connectivity index (χ4n) is 1.31. The van der Waals surface area contributed by atoms with Crippen LogP contribution in [0.4, 0.5) is 8.78 Å². The van der Waals surface area contributed by atoms with Crippen molar-refractivity contribution in [1.82, 2.24) is 5.32 Å². The molecule has 0 spiro atoms. The van der Waals surface area contributed by atoms with E-state index in [1.807, 2.05) is 6.92 Å². The van der Waals surface area contributed by atoms with E-state index in [0.717, 1.165) is 11.6 Å². The Morgan fingerprint density at radius 2 is 1.94 bits per heavy atom. The number of benzene rings is 1. The lowest BCUT2D eigenvalue weighted by Gasteiger charge is -2.05. The van der Waals surface area contributed by atoms with Gasteiger partial charge >= 0.3 is 0 Å². The van der Waals surface area contributed by atoms with Gasteiger partial charge in [-0.15, -0.1) is 0 Å². The van der Waals surface area contributed by atoms with Crippen molar-refractivity contribution in [1.29, 1.82) is 0 Å². The highest BCUT2D eigenvalue weighted by Crippen LogP contribution is 2.08. The quantitative estimate of drug-likeness (QED) is 0.786. The topological polar surface area (TPSA) is 12.0 Å². The second-order valence-electron chi connectivity index (χ2n) is 3.66. The van der Waals surface area contributed by atoms with Crippen molar-refractivity contribution in [3.8, 4) is 0 Å². The van der Waals surface area contributed by atoms with Gasteiger partial charge in [0.05, 0.1) is 0 Å². The molecule has 0 aliphatic rings. The molecule has 16 heavy (non-hydrogen) atoms. The largest absolute Gasteiger partial charge is 0.313 e. The Bertz CT molecular complexity index is 357. The van der Waals surface area contributed by atoms with E-state index >= 15 is 0 Å². The Hall–Kier alpha value is -0.930. The highest BCUT2D eigenvalue weighted by atomic mass is 35.5. The van der Waals surface area contributed by atoms with Gasteiger partial charge in [0.1, 0.15) is 11.6 Å². The van der Waals surface area contributed by atoms with Gasteiger partial charge in [-0.05, 0) is 43.2 Å². The summed E-state index contributed by atoms with van der Waals surface area (Å²) in [5.41, 5.74) is 3.18. The molecule has 0 saturated heterocycles. The lowest BCUT2D eigenvalue weighted by Crippen LogP contribution is -2.19. The van der Waals surface area contributed by atoms with Gasteiger partial charge in [-0.3, -0.25) is 0 Å². The Balaban J connectivity index is 2.37. The van der Waals surface area contributed by atoms with Crippen LogP contribution in [0.2, 0.25) is 0 Å². The first-order valence-corrected chi connectivity index (χ1v) is 5.47. The van der Waals surface area contributed by atoms with Crippen LogP contribution in [-0.4, -0.2) is 13.1 Å². The van der Waals surface area contributed by atoms with Gasteiger partial charge in [-0.2, -0.15) is 0 Å². The fourth-order valence-corrected chi connectivity index (χ4v) is 1.39. The molecule has 1 aromatic rings. The van der Waals surface area contributed by atoms with E-state index in [2.05, 4.69) is 5.32 Å². The molecule has 1 N–H and O–H groups in total. The molecular weight excluding hydrogens is 232 g/mol. The molecule has 0 aromatic heterocycles. The molecule has 4 heteroatoms. The maximum atomic E-state index is 12.8. The summed E-state index contributed by atoms with van der Waals surface area (Å²) in [5.74, 6) is -1.07. The predicted molar refractivity (Wildman–Crippen MR) is 62.5 cm³/mol. The highest BCUT2D eigenvalue weighted by molar-refractivity contribution is 6.25. The molecule has 0 aliphatic carbocycles. The number of hydrogen-bond acceptors (Lipinski definition) is 1. The number of rotatable bonds is 5. The highest BCUT2D eigenvalue weighted by Gasteiger charge is 2.00. The summed E-state index contributed by atoms with van der Waals surface area (Å²) in [6.07, 6.45) is 0.588. The molecule has 0 aliphatic heterocycles. The van der Waals surface area contributed by atoms with Crippen molar-refractivity contribution >= 4 is 11.6 Å². The van der Waals surface area contributed by atoms with Crippen LogP contribution in [0.25, 0.3) is 0 Å². The van der Waals surface area contributed by atoms with Crippen LogP contribution in [0.15, 0.2) is 29.3 Å². The van der Waals surface area contributed by atoms with Gasteiger partial charge < -0.3 is 5.32 Å². The minimum absolute atomic E-state index is 0.535. The van der Waals surface area contributed by atoms with Gasteiger partial charge in [0.25, 0.3) is 0 Å². The SMILES string of the molecule is C/C(=C/Cl)CNCCc1cc(F)cc(F)c1. The summed E-state index contributed by atoms with van der Waals surface area (Å²) in [6.45, 7) is 3.24. The van der Waals surface area contributed by atoms with Crippen LogP contribution in [0.5, 0.6) is 0 Å². The zero-order valence-electron chi connectivity index (χ0n) is 9.06. The third-order valence-electron chi connectivity index (χ3n) is 2.10. The molecule has 0 atom stereocenters. The van der Waals surface area contributed by atoms with Crippen molar-refractivity contribution in [2.75, 3.05) is 13.1 Å². The Morgan fingerprint density at radius 1 is 1.31 bits per heavy atom. The lowest BCUT2D eigenvalue weighted by atomic mass is 10.1. The molecule has 88 valence electrons. The van der Waals surface area contributed by atoms with Crippen LogP contribution in [-0.2, 0) is 6.42 Å². The molecule has 0 amide bonds. The second-order valence-corrected chi connectivity index (χ2v) is 3.88. The first-order chi connectivity index (χ1) is 7.61. The smallest absolute Gasteiger partial charge is 0.126 e. The molecule has 0 radical (unpaired) electrons. The van der Waals surface area contributed by atoms with Crippen LogP contribution in [0, 0.1) is 11.6 Å². The van der Waals surface area contributed by atoms with Crippen molar-refractivity contribution in [3.05, 3.63) is 46.5 Å². The average molecular weight is 246 g/mol. The van der Waals surface area contributed by atoms with E-state index in [0.29, 0.717) is 25.1 Å². The molecule has 0 bridgehead atoms. The second kappa shape index (κ2) is 6.61. The van der Waals surface area contributed by atoms with Crippen molar-refractivity contribution in [2.24, 2.45) is 0 Å². The summed E-state index contributed by atoms with van der Waals surface area (Å²) < 4.78 is 25.7. The zero-order chi connectivity index (χ0) is 12.0. The van der Waals surface area contributed by atoms with Gasteiger partial charge in [0, 0.05) is 18.1 Å². The molecule has 0 saturated carbocycles. The molecule has 0 fully saturated rings.